The average molecular weight is 366 g/mol. The predicted octanol–water partition coefficient (Wildman–Crippen LogP) is 1.82. The number of pyridine rings is 1. The third-order valence-electron chi connectivity index (χ3n) is 4.00. The lowest BCUT2D eigenvalue weighted by atomic mass is 9.97. The Morgan fingerprint density at radius 3 is 2.58 bits per heavy atom. The van der Waals surface area contributed by atoms with Crippen LogP contribution in [0, 0.1) is 5.92 Å². The largest absolute Gasteiger partial charge is 0.302 e. The van der Waals surface area contributed by atoms with E-state index in [1.807, 2.05) is 17.5 Å². The van der Waals surface area contributed by atoms with Crippen molar-refractivity contribution >= 4 is 32.4 Å². The van der Waals surface area contributed by atoms with Gasteiger partial charge in [0, 0.05) is 42.3 Å². The Bertz CT molecular complexity index is 812. The first kappa shape index (κ1) is 17.0. The van der Waals surface area contributed by atoms with Crippen LogP contribution < -0.4 is 5.32 Å². The van der Waals surface area contributed by atoms with E-state index < -0.39 is 10.0 Å². The monoisotopic (exact) mass is 366 g/mol. The molecule has 9 heteroatoms. The topological polar surface area (TPSA) is 92.3 Å². The first-order valence-corrected chi connectivity index (χ1v) is 10.3. The van der Waals surface area contributed by atoms with Gasteiger partial charge in [-0.25, -0.2) is 17.7 Å². The van der Waals surface area contributed by atoms with Crippen LogP contribution in [0.2, 0.25) is 0 Å². The molecule has 0 unspecified atom stereocenters. The Labute approximate surface area is 144 Å². The number of nitrogens with zero attached hydrogens (tertiary/aromatic N) is 3. The van der Waals surface area contributed by atoms with Crippen LogP contribution in [0.3, 0.4) is 0 Å². The van der Waals surface area contributed by atoms with Gasteiger partial charge in [-0.1, -0.05) is 0 Å². The van der Waals surface area contributed by atoms with Crippen LogP contribution >= 0.6 is 11.3 Å². The van der Waals surface area contributed by atoms with Crippen molar-refractivity contribution in [3.05, 3.63) is 29.9 Å². The van der Waals surface area contributed by atoms with Gasteiger partial charge in [-0.05, 0) is 25.0 Å². The molecule has 0 spiro atoms. The maximum atomic E-state index is 12.3. The van der Waals surface area contributed by atoms with Gasteiger partial charge in [0.05, 0.1) is 11.9 Å². The molecule has 3 rings (SSSR count). The lowest BCUT2D eigenvalue weighted by molar-refractivity contribution is -0.120. The molecule has 2 aromatic heterocycles. The Balaban J connectivity index is 1.59. The molecule has 3 heterocycles. The first-order valence-electron chi connectivity index (χ1n) is 7.55. The Morgan fingerprint density at radius 2 is 1.96 bits per heavy atom. The zero-order valence-corrected chi connectivity index (χ0v) is 14.8. The number of amides is 1. The molecule has 24 heavy (non-hydrogen) atoms. The van der Waals surface area contributed by atoms with Gasteiger partial charge in [0.25, 0.3) is 0 Å². The molecule has 0 radical (unpaired) electrons. The van der Waals surface area contributed by atoms with Gasteiger partial charge in [-0.2, -0.15) is 0 Å². The molecular formula is C15H18N4O3S2. The van der Waals surface area contributed by atoms with E-state index in [-0.39, 0.29) is 11.8 Å². The van der Waals surface area contributed by atoms with Crippen molar-refractivity contribution in [2.24, 2.45) is 5.92 Å². The van der Waals surface area contributed by atoms with E-state index in [1.54, 1.807) is 12.4 Å². The molecule has 1 aliphatic heterocycles. The second kappa shape index (κ2) is 6.96. The van der Waals surface area contributed by atoms with Crippen LogP contribution in [0.5, 0.6) is 0 Å². The minimum absolute atomic E-state index is 0.0984. The molecule has 1 fully saturated rings. The first-order chi connectivity index (χ1) is 11.4. The number of aromatic nitrogens is 2. The highest BCUT2D eigenvalue weighted by atomic mass is 32.2. The number of carbonyl (C=O) groups is 1. The van der Waals surface area contributed by atoms with Crippen LogP contribution in [-0.4, -0.2) is 47.9 Å². The summed E-state index contributed by atoms with van der Waals surface area (Å²) < 4.78 is 24.4. The van der Waals surface area contributed by atoms with Crippen molar-refractivity contribution in [1.29, 1.82) is 0 Å². The SMILES string of the molecule is CS(=O)(=O)N1CCC(C(=O)Nc2nc(-c3ccncc3)cs2)CC1. The molecule has 1 saturated heterocycles. The molecule has 7 nitrogen and oxygen atoms in total. The van der Waals surface area contributed by atoms with Crippen molar-refractivity contribution in [3.63, 3.8) is 0 Å². The summed E-state index contributed by atoms with van der Waals surface area (Å²) in [6, 6.07) is 3.73. The second-order valence-corrected chi connectivity index (χ2v) is 8.54. The molecule has 0 aliphatic carbocycles. The fourth-order valence-corrected chi connectivity index (χ4v) is 4.24. The predicted molar refractivity (Wildman–Crippen MR) is 93.1 cm³/mol. The molecule has 2 aromatic rings. The van der Waals surface area contributed by atoms with Crippen LogP contribution in [0.4, 0.5) is 5.13 Å². The normalized spacial score (nSPS) is 16.9. The minimum Gasteiger partial charge on any atom is -0.302 e. The number of rotatable bonds is 4. The standard InChI is InChI=1S/C15H18N4O3S2/c1-24(21,22)19-8-4-12(5-9-19)14(20)18-15-17-13(10-23-15)11-2-6-16-7-3-11/h2-3,6-7,10,12H,4-5,8-9H2,1H3,(H,17,18,20). The molecule has 0 aromatic carbocycles. The number of anilines is 1. The fraction of sp³-hybridized carbons (Fsp3) is 0.400. The van der Waals surface area contributed by atoms with Gasteiger partial charge in [-0.15, -0.1) is 11.3 Å². The summed E-state index contributed by atoms with van der Waals surface area (Å²) in [5, 5.41) is 5.28. The van der Waals surface area contributed by atoms with E-state index >= 15 is 0 Å². The van der Waals surface area contributed by atoms with Gasteiger partial charge >= 0.3 is 0 Å². The summed E-state index contributed by atoms with van der Waals surface area (Å²) >= 11 is 1.37. The fourth-order valence-electron chi connectivity index (χ4n) is 2.64. The van der Waals surface area contributed by atoms with Crippen molar-refractivity contribution in [2.75, 3.05) is 24.7 Å². The molecule has 0 atom stereocenters. The molecular weight excluding hydrogens is 348 g/mol. The van der Waals surface area contributed by atoms with Crippen molar-refractivity contribution in [1.82, 2.24) is 14.3 Å². The summed E-state index contributed by atoms with van der Waals surface area (Å²) in [6.07, 6.45) is 5.65. The van der Waals surface area contributed by atoms with E-state index in [0.29, 0.717) is 31.1 Å². The molecule has 0 saturated carbocycles. The molecule has 1 aliphatic rings. The quantitative estimate of drug-likeness (QED) is 0.891. The van der Waals surface area contributed by atoms with Crippen LogP contribution in [-0.2, 0) is 14.8 Å². The molecule has 1 N–H and O–H groups in total. The van der Waals surface area contributed by atoms with Crippen LogP contribution in [0.1, 0.15) is 12.8 Å². The number of thiazole rings is 1. The number of piperidine rings is 1. The molecule has 1 amide bonds. The van der Waals surface area contributed by atoms with E-state index in [2.05, 4.69) is 15.3 Å². The molecule has 0 bridgehead atoms. The van der Waals surface area contributed by atoms with E-state index in [4.69, 9.17) is 0 Å². The van der Waals surface area contributed by atoms with Crippen LogP contribution in [0.15, 0.2) is 29.9 Å². The highest BCUT2D eigenvalue weighted by Crippen LogP contribution is 2.26. The summed E-state index contributed by atoms with van der Waals surface area (Å²) in [7, 11) is -3.17. The highest BCUT2D eigenvalue weighted by molar-refractivity contribution is 7.88. The number of carbonyl (C=O) groups excluding carboxylic acids is 1. The maximum absolute atomic E-state index is 12.3. The molecule has 128 valence electrons. The average Bonchev–Trinajstić information content (AvgIpc) is 3.03. The number of hydrogen-bond donors (Lipinski definition) is 1. The van der Waals surface area contributed by atoms with Gasteiger partial charge in [0.2, 0.25) is 15.9 Å². The van der Waals surface area contributed by atoms with E-state index in [0.717, 1.165) is 11.3 Å². The van der Waals surface area contributed by atoms with Crippen LogP contribution in [0.25, 0.3) is 11.3 Å². The zero-order chi connectivity index (χ0) is 17.2. The third-order valence-corrected chi connectivity index (χ3v) is 6.07. The highest BCUT2D eigenvalue weighted by Gasteiger charge is 2.29. The maximum Gasteiger partial charge on any atom is 0.229 e. The van der Waals surface area contributed by atoms with Gasteiger partial charge in [0.1, 0.15) is 0 Å². The second-order valence-electron chi connectivity index (χ2n) is 5.70. The van der Waals surface area contributed by atoms with E-state index in [1.165, 1.54) is 21.9 Å². The van der Waals surface area contributed by atoms with E-state index in [9.17, 15) is 13.2 Å². The van der Waals surface area contributed by atoms with Gasteiger partial charge in [-0.3, -0.25) is 9.78 Å². The van der Waals surface area contributed by atoms with Crippen molar-refractivity contribution < 1.29 is 13.2 Å². The summed E-state index contributed by atoms with van der Waals surface area (Å²) in [6.45, 7) is 0.772. The minimum atomic E-state index is -3.17. The lowest BCUT2D eigenvalue weighted by Crippen LogP contribution is -2.40. The lowest BCUT2D eigenvalue weighted by Gasteiger charge is -2.29. The zero-order valence-electron chi connectivity index (χ0n) is 13.2. The Morgan fingerprint density at radius 1 is 1.29 bits per heavy atom. The smallest absolute Gasteiger partial charge is 0.229 e. The number of sulfonamides is 1. The number of hydrogen-bond acceptors (Lipinski definition) is 6. The van der Waals surface area contributed by atoms with Gasteiger partial charge < -0.3 is 5.32 Å². The Hall–Kier alpha value is -1.84. The summed E-state index contributed by atoms with van der Waals surface area (Å²) in [5.41, 5.74) is 1.74. The van der Waals surface area contributed by atoms with Gasteiger partial charge in [0.15, 0.2) is 5.13 Å². The third kappa shape index (κ3) is 3.97. The number of nitrogens with one attached hydrogen (secondary N) is 1. The summed E-state index contributed by atoms with van der Waals surface area (Å²) in [5.74, 6) is -0.282. The van der Waals surface area contributed by atoms with Crippen molar-refractivity contribution in [3.8, 4) is 11.3 Å². The summed E-state index contributed by atoms with van der Waals surface area (Å²) in [4.78, 5) is 20.7. The van der Waals surface area contributed by atoms with Crippen molar-refractivity contribution in [2.45, 2.75) is 12.8 Å². The Kier molecular flexibility index (Phi) is 4.93.